The van der Waals surface area contributed by atoms with E-state index in [0.29, 0.717) is 13.2 Å². The second kappa shape index (κ2) is 7.30. The number of hydrogen-bond acceptors (Lipinski definition) is 3. The van der Waals surface area contributed by atoms with Gasteiger partial charge in [0.1, 0.15) is 6.26 Å². The molecular weight excluding hydrogens is 118 g/mol. The van der Waals surface area contributed by atoms with Crippen molar-refractivity contribution < 1.29 is 9.57 Å². The van der Waals surface area contributed by atoms with Gasteiger partial charge in [0, 0.05) is 0 Å². The smallest absolute Gasteiger partial charge is 0.101 e. The molecule has 0 fully saturated rings. The molecule has 0 aromatic carbocycles. The minimum absolute atomic E-state index is 0.649. The molecule has 0 atom stereocenters. The van der Waals surface area contributed by atoms with E-state index in [0.717, 1.165) is 0 Å². The largest absolute Gasteiger partial charge is 0.500 e. The Balaban J connectivity index is 2.86. The van der Waals surface area contributed by atoms with Crippen LogP contribution in [0.4, 0.5) is 0 Å². The van der Waals surface area contributed by atoms with Gasteiger partial charge in [-0.1, -0.05) is 0 Å². The van der Waals surface area contributed by atoms with Crippen LogP contribution >= 0.6 is 0 Å². The van der Waals surface area contributed by atoms with Crippen molar-refractivity contribution >= 4 is 0 Å². The van der Waals surface area contributed by atoms with E-state index in [2.05, 4.69) is 5.48 Å². The summed E-state index contributed by atoms with van der Waals surface area (Å²) in [6, 6.07) is 0. The van der Waals surface area contributed by atoms with Crippen molar-refractivity contribution in [3.63, 3.8) is 0 Å². The SMILES string of the molecule is CCO/C=C/NOCC. The highest BCUT2D eigenvalue weighted by atomic mass is 16.6. The maximum absolute atomic E-state index is 4.86. The summed E-state index contributed by atoms with van der Waals surface area (Å²) in [7, 11) is 0. The summed E-state index contributed by atoms with van der Waals surface area (Å²) in [5, 5.41) is 0. The van der Waals surface area contributed by atoms with Gasteiger partial charge in [0.05, 0.1) is 19.4 Å². The lowest BCUT2D eigenvalue weighted by atomic mass is 10.8. The molecule has 0 aliphatic carbocycles. The lowest BCUT2D eigenvalue weighted by Crippen LogP contribution is -2.05. The fraction of sp³-hybridized carbons (Fsp3) is 0.667. The molecule has 0 spiro atoms. The maximum Gasteiger partial charge on any atom is 0.101 e. The van der Waals surface area contributed by atoms with Crippen LogP contribution in [0.2, 0.25) is 0 Å². The molecule has 0 saturated heterocycles. The Morgan fingerprint density at radius 1 is 1.33 bits per heavy atom. The van der Waals surface area contributed by atoms with Crippen molar-refractivity contribution in [2.24, 2.45) is 0 Å². The first-order chi connectivity index (χ1) is 4.41. The van der Waals surface area contributed by atoms with Crippen LogP contribution < -0.4 is 5.48 Å². The molecule has 0 aliphatic rings. The van der Waals surface area contributed by atoms with E-state index in [9.17, 15) is 0 Å². The van der Waals surface area contributed by atoms with E-state index in [1.54, 1.807) is 12.5 Å². The van der Waals surface area contributed by atoms with Crippen LogP contribution in [0.5, 0.6) is 0 Å². The first-order valence-corrected chi connectivity index (χ1v) is 3.05. The minimum Gasteiger partial charge on any atom is -0.500 e. The molecule has 3 heteroatoms. The van der Waals surface area contributed by atoms with Gasteiger partial charge in [-0.25, -0.2) is 0 Å². The maximum atomic E-state index is 4.86. The fourth-order valence-electron chi connectivity index (χ4n) is 0.304. The van der Waals surface area contributed by atoms with Crippen LogP contribution in [0.1, 0.15) is 13.8 Å². The van der Waals surface area contributed by atoms with Gasteiger partial charge in [0.15, 0.2) is 0 Å². The quantitative estimate of drug-likeness (QED) is 0.343. The van der Waals surface area contributed by atoms with Gasteiger partial charge in [0.2, 0.25) is 0 Å². The molecular formula is C6H13NO2. The van der Waals surface area contributed by atoms with E-state index >= 15 is 0 Å². The molecule has 0 aromatic rings. The van der Waals surface area contributed by atoms with Crippen molar-refractivity contribution in [2.75, 3.05) is 13.2 Å². The lowest BCUT2D eigenvalue weighted by Gasteiger charge is -1.96. The minimum atomic E-state index is 0.649. The monoisotopic (exact) mass is 131 g/mol. The Labute approximate surface area is 55.6 Å². The second-order valence-electron chi connectivity index (χ2n) is 1.31. The van der Waals surface area contributed by atoms with Gasteiger partial charge in [0.25, 0.3) is 0 Å². The number of hydroxylamine groups is 1. The zero-order valence-corrected chi connectivity index (χ0v) is 5.89. The third kappa shape index (κ3) is 7.30. The van der Waals surface area contributed by atoms with Crippen molar-refractivity contribution in [2.45, 2.75) is 13.8 Å². The Morgan fingerprint density at radius 2 is 2.11 bits per heavy atom. The summed E-state index contributed by atoms with van der Waals surface area (Å²) >= 11 is 0. The van der Waals surface area contributed by atoms with Crippen molar-refractivity contribution in [1.82, 2.24) is 5.48 Å². The van der Waals surface area contributed by atoms with Crippen LogP contribution in [0.15, 0.2) is 12.5 Å². The summed E-state index contributed by atoms with van der Waals surface area (Å²) in [6.45, 7) is 5.16. The normalized spacial score (nSPS) is 10.0. The molecule has 0 saturated carbocycles. The van der Waals surface area contributed by atoms with Crippen LogP contribution in [0.25, 0.3) is 0 Å². The Morgan fingerprint density at radius 3 is 2.67 bits per heavy atom. The molecule has 0 amide bonds. The van der Waals surface area contributed by atoms with Crippen molar-refractivity contribution in [3.05, 3.63) is 12.5 Å². The molecule has 0 aromatic heterocycles. The topological polar surface area (TPSA) is 30.5 Å². The average molecular weight is 131 g/mol. The summed E-state index contributed by atoms with van der Waals surface area (Å²) in [5.74, 6) is 0. The Bertz CT molecular complexity index is 73.5. The lowest BCUT2D eigenvalue weighted by molar-refractivity contribution is 0.0798. The van der Waals surface area contributed by atoms with Gasteiger partial charge >= 0.3 is 0 Å². The number of hydrogen-bond donors (Lipinski definition) is 1. The van der Waals surface area contributed by atoms with Gasteiger partial charge in [-0.05, 0) is 13.8 Å². The van der Waals surface area contributed by atoms with E-state index in [-0.39, 0.29) is 0 Å². The predicted molar refractivity (Wildman–Crippen MR) is 35.5 cm³/mol. The molecule has 0 aliphatic heterocycles. The highest BCUT2D eigenvalue weighted by molar-refractivity contribution is 4.64. The highest BCUT2D eigenvalue weighted by Crippen LogP contribution is 1.72. The average Bonchev–Trinajstić information content (AvgIpc) is 1.89. The highest BCUT2D eigenvalue weighted by Gasteiger charge is 1.70. The molecule has 0 unspecified atom stereocenters. The predicted octanol–water partition coefficient (Wildman–Crippen LogP) is 1.04. The number of rotatable bonds is 5. The fourth-order valence-corrected chi connectivity index (χ4v) is 0.304. The van der Waals surface area contributed by atoms with Gasteiger partial charge in [-0.15, -0.1) is 0 Å². The van der Waals surface area contributed by atoms with Gasteiger partial charge < -0.3 is 4.74 Å². The van der Waals surface area contributed by atoms with Crippen LogP contribution in [0.3, 0.4) is 0 Å². The van der Waals surface area contributed by atoms with Crippen molar-refractivity contribution in [1.29, 1.82) is 0 Å². The molecule has 1 N–H and O–H groups in total. The molecule has 9 heavy (non-hydrogen) atoms. The van der Waals surface area contributed by atoms with Gasteiger partial charge in [-0.3, -0.25) is 10.3 Å². The van der Waals surface area contributed by atoms with Gasteiger partial charge in [-0.2, -0.15) is 0 Å². The summed E-state index contributed by atoms with van der Waals surface area (Å²) in [4.78, 5) is 4.76. The Hall–Kier alpha value is -0.700. The first kappa shape index (κ1) is 8.30. The summed E-state index contributed by atoms with van der Waals surface area (Å²) in [6.07, 6.45) is 3.16. The van der Waals surface area contributed by atoms with E-state index in [1.165, 1.54) is 0 Å². The van der Waals surface area contributed by atoms with E-state index in [4.69, 9.17) is 9.57 Å². The molecule has 0 rings (SSSR count). The van der Waals surface area contributed by atoms with Crippen LogP contribution in [-0.4, -0.2) is 13.2 Å². The van der Waals surface area contributed by atoms with Crippen molar-refractivity contribution in [3.8, 4) is 0 Å². The summed E-state index contributed by atoms with van der Waals surface area (Å²) < 4.78 is 4.86. The molecule has 54 valence electrons. The van der Waals surface area contributed by atoms with E-state index in [1.807, 2.05) is 13.8 Å². The van der Waals surface area contributed by atoms with E-state index < -0.39 is 0 Å². The standard InChI is InChI=1S/C6H13NO2/c1-3-8-6-5-7-9-4-2/h5-7H,3-4H2,1-2H3/b6-5+. The molecule has 3 nitrogen and oxygen atoms in total. The number of nitrogens with one attached hydrogen (secondary N) is 1. The Kier molecular flexibility index (Phi) is 6.73. The molecule has 0 heterocycles. The zero-order chi connectivity index (χ0) is 6.95. The van der Waals surface area contributed by atoms with Crippen LogP contribution in [-0.2, 0) is 9.57 Å². The molecule has 0 bridgehead atoms. The number of ether oxygens (including phenoxy) is 1. The summed E-state index contributed by atoms with van der Waals surface area (Å²) in [5.41, 5.74) is 2.56. The van der Waals surface area contributed by atoms with Crippen LogP contribution in [0, 0.1) is 0 Å². The third-order valence-corrected chi connectivity index (χ3v) is 0.627. The second-order valence-corrected chi connectivity index (χ2v) is 1.31. The zero-order valence-electron chi connectivity index (χ0n) is 5.89. The molecule has 0 radical (unpaired) electrons. The first-order valence-electron chi connectivity index (χ1n) is 3.05. The third-order valence-electron chi connectivity index (χ3n) is 0.627.